The van der Waals surface area contributed by atoms with E-state index in [1.54, 1.807) is 6.07 Å². The number of hydrogen-bond donors (Lipinski definition) is 2. The number of halogens is 3. The van der Waals surface area contributed by atoms with Gasteiger partial charge >= 0.3 is 6.18 Å². The number of aromatic amines is 1. The molecule has 2 N–H and O–H groups in total. The van der Waals surface area contributed by atoms with Crippen molar-refractivity contribution in [2.24, 2.45) is 0 Å². The molecule has 1 unspecified atom stereocenters. The Kier molecular flexibility index (Phi) is 2.77. The average molecular weight is 281 g/mol. The van der Waals surface area contributed by atoms with Crippen molar-refractivity contribution in [2.75, 3.05) is 5.32 Å². The van der Waals surface area contributed by atoms with Crippen molar-refractivity contribution in [1.29, 1.82) is 0 Å². The normalized spacial score (nSPS) is 18.6. The molecular weight excluding hydrogens is 271 g/mol. The number of nitrogens with zero attached hydrogens (tertiary/aromatic N) is 1. The summed E-state index contributed by atoms with van der Waals surface area (Å²) in [6, 6.07) is 5.00. The van der Waals surface area contributed by atoms with Crippen LogP contribution in [-0.2, 0) is 11.0 Å². The van der Waals surface area contributed by atoms with Crippen molar-refractivity contribution in [2.45, 2.75) is 18.5 Å². The van der Waals surface area contributed by atoms with Gasteiger partial charge in [0.25, 0.3) is 0 Å². The molecule has 104 valence electrons. The molecule has 2 heterocycles. The lowest BCUT2D eigenvalue weighted by molar-refractivity contribution is -0.137. The molecule has 1 aromatic heterocycles. The van der Waals surface area contributed by atoms with E-state index in [2.05, 4.69) is 15.5 Å². The molecule has 0 aliphatic carbocycles. The molecule has 1 amide bonds. The number of carbonyl (C=O) groups is 1. The zero-order valence-corrected chi connectivity index (χ0v) is 10.2. The number of alkyl halides is 3. The van der Waals surface area contributed by atoms with Gasteiger partial charge in [-0.15, -0.1) is 0 Å². The summed E-state index contributed by atoms with van der Waals surface area (Å²) >= 11 is 0. The highest BCUT2D eigenvalue weighted by Gasteiger charge is 2.34. The Morgan fingerprint density at radius 2 is 2.05 bits per heavy atom. The minimum absolute atomic E-state index is 0.0938. The van der Waals surface area contributed by atoms with Gasteiger partial charge in [0.2, 0.25) is 5.91 Å². The van der Waals surface area contributed by atoms with E-state index in [1.165, 1.54) is 12.3 Å². The number of carbonyl (C=O) groups excluding carboxylic acids is 1. The topological polar surface area (TPSA) is 57.8 Å². The van der Waals surface area contributed by atoms with E-state index in [4.69, 9.17) is 0 Å². The molecule has 1 aliphatic rings. The summed E-state index contributed by atoms with van der Waals surface area (Å²) in [4.78, 5) is 11.6. The fourth-order valence-electron chi connectivity index (χ4n) is 2.38. The van der Waals surface area contributed by atoms with Crippen LogP contribution in [0, 0.1) is 0 Å². The fourth-order valence-corrected chi connectivity index (χ4v) is 2.38. The van der Waals surface area contributed by atoms with Crippen LogP contribution in [0.1, 0.15) is 29.2 Å². The van der Waals surface area contributed by atoms with E-state index < -0.39 is 17.7 Å². The van der Waals surface area contributed by atoms with Gasteiger partial charge in [0, 0.05) is 29.9 Å². The monoisotopic (exact) mass is 281 g/mol. The predicted octanol–water partition coefficient (Wildman–Crippen LogP) is 2.90. The second-order valence-corrected chi connectivity index (χ2v) is 4.62. The van der Waals surface area contributed by atoms with Gasteiger partial charge in [-0.3, -0.25) is 9.89 Å². The summed E-state index contributed by atoms with van der Waals surface area (Å²) < 4.78 is 38.4. The lowest BCUT2D eigenvalue weighted by Crippen LogP contribution is -2.24. The molecule has 1 aromatic carbocycles. The lowest BCUT2D eigenvalue weighted by atomic mass is 9.87. The van der Waals surface area contributed by atoms with Gasteiger partial charge in [0.15, 0.2) is 0 Å². The van der Waals surface area contributed by atoms with Crippen molar-refractivity contribution < 1.29 is 18.0 Å². The summed E-state index contributed by atoms with van der Waals surface area (Å²) in [5.41, 5.74) is 0.759. The van der Waals surface area contributed by atoms with Gasteiger partial charge in [0.05, 0.1) is 5.56 Å². The van der Waals surface area contributed by atoms with E-state index in [1.807, 2.05) is 0 Å². The number of rotatable bonds is 1. The second kappa shape index (κ2) is 4.36. The minimum Gasteiger partial charge on any atom is -0.326 e. The van der Waals surface area contributed by atoms with Crippen LogP contribution in [0.2, 0.25) is 0 Å². The lowest BCUT2D eigenvalue weighted by Gasteiger charge is -2.25. The van der Waals surface area contributed by atoms with Crippen LogP contribution in [0.5, 0.6) is 0 Å². The van der Waals surface area contributed by atoms with Crippen LogP contribution in [-0.4, -0.2) is 16.1 Å². The molecule has 20 heavy (non-hydrogen) atoms. The molecule has 2 aromatic rings. The Balaban J connectivity index is 2.11. The number of nitrogens with one attached hydrogen (secondary N) is 2. The first-order valence-electron chi connectivity index (χ1n) is 5.95. The first-order chi connectivity index (χ1) is 9.45. The summed E-state index contributed by atoms with van der Waals surface area (Å²) in [5.74, 6) is -0.666. The molecule has 0 saturated heterocycles. The standard InChI is InChI=1S/C13H10F3N3O/c14-13(15,16)7-1-2-10-8(5-7)9(6-12(20)18-10)11-3-4-17-19-11/h1-5,9H,6H2,(H,17,19)(H,18,20). The largest absolute Gasteiger partial charge is 0.416 e. The van der Waals surface area contributed by atoms with E-state index in [0.29, 0.717) is 16.9 Å². The maximum atomic E-state index is 12.8. The molecule has 0 spiro atoms. The number of H-pyrrole nitrogens is 1. The Hall–Kier alpha value is -2.31. The molecule has 0 radical (unpaired) electrons. The van der Waals surface area contributed by atoms with Gasteiger partial charge in [-0.25, -0.2) is 0 Å². The summed E-state index contributed by atoms with van der Waals surface area (Å²) in [5, 5.41) is 9.09. The van der Waals surface area contributed by atoms with Crippen molar-refractivity contribution in [3.05, 3.63) is 47.3 Å². The first kappa shape index (κ1) is 12.7. The summed E-state index contributed by atoms with van der Waals surface area (Å²) in [7, 11) is 0. The van der Waals surface area contributed by atoms with Crippen LogP contribution in [0.4, 0.5) is 18.9 Å². The smallest absolute Gasteiger partial charge is 0.326 e. The molecule has 7 heteroatoms. The number of benzene rings is 1. The van der Waals surface area contributed by atoms with Crippen molar-refractivity contribution in [3.63, 3.8) is 0 Å². The first-order valence-corrected chi connectivity index (χ1v) is 5.95. The fraction of sp³-hybridized carbons (Fsp3) is 0.231. The van der Waals surface area contributed by atoms with E-state index in [-0.39, 0.29) is 12.3 Å². The number of hydrogen-bond acceptors (Lipinski definition) is 2. The van der Waals surface area contributed by atoms with Crippen molar-refractivity contribution in [1.82, 2.24) is 10.2 Å². The van der Waals surface area contributed by atoms with Crippen molar-refractivity contribution >= 4 is 11.6 Å². The Bertz CT molecular complexity index is 649. The highest BCUT2D eigenvalue weighted by molar-refractivity contribution is 5.95. The van der Waals surface area contributed by atoms with Gasteiger partial charge in [-0.1, -0.05) is 0 Å². The molecular formula is C13H10F3N3O. The van der Waals surface area contributed by atoms with Crippen LogP contribution in [0.15, 0.2) is 30.5 Å². The third-order valence-corrected chi connectivity index (χ3v) is 3.32. The van der Waals surface area contributed by atoms with E-state index in [9.17, 15) is 18.0 Å². The number of aromatic nitrogens is 2. The maximum absolute atomic E-state index is 12.8. The third-order valence-electron chi connectivity index (χ3n) is 3.32. The van der Waals surface area contributed by atoms with Crippen LogP contribution in [0.3, 0.4) is 0 Å². The van der Waals surface area contributed by atoms with Crippen LogP contribution < -0.4 is 5.32 Å². The van der Waals surface area contributed by atoms with Crippen LogP contribution >= 0.6 is 0 Å². The Labute approximate surface area is 112 Å². The summed E-state index contributed by atoms with van der Waals surface area (Å²) in [6.45, 7) is 0. The van der Waals surface area contributed by atoms with Gasteiger partial charge in [-0.2, -0.15) is 18.3 Å². The molecule has 0 fully saturated rings. The van der Waals surface area contributed by atoms with Crippen molar-refractivity contribution in [3.8, 4) is 0 Å². The SMILES string of the molecule is O=C1CC(c2ccn[nH]2)c2cc(C(F)(F)F)ccc2N1. The van der Waals surface area contributed by atoms with Gasteiger partial charge in [0.1, 0.15) is 0 Å². The Morgan fingerprint density at radius 1 is 1.25 bits per heavy atom. The average Bonchev–Trinajstić information content (AvgIpc) is 2.89. The number of fused-ring (bicyclic) bond motifs is 1. The molecule has 0 bridgehead atoms. The third kappa shape index (κ3) is 2.15. The number of anilines is 1. The van der Waals surface area contributed by atoms with Gasteiger partial charge in [-0.05, 0) is 29.8 Å². The van der Waals surface area contributed by atoms with E-state index >= 15 is 0 Å². The van der Waals surface area contributed by atoms with Crippen LogP contribution in [0.25, 0.3) is 0 Å². The highest BCUT2D eigenvalue weighted by Crippen LogP contribution is 2.39. The minimum atomic E-state index is -4.41. The predicted molar refractivity (Wildman–Crippen MR) is 65.1 cm³/mol. The molecule has 0 saturated carbocycles. The van der Waals surface area contributed by atoms with Gasteiger partial charge < -0.3 is 5.32 Å². The molecule has 4 nitrogen and oxygen atoms in total. The Morgan fingerprint density at radius 3 is 2.70 bits per heavy atom. The molecule has 1 aliphatic heterocycles. The zero-order chi connectivity index (χ0) is 14.3. The quantitative estimate of drug-likeness (QED) is 0.844. The molecule has 3 rings (SSSR count). The zero-order valence-electron chi connectivity index (χ0n) is 10.2. The van der Waals surface area contributed by atoms with E-state index in [0.717, 1.165) is 12.1 Å². The summed E-state index contributed by atoms with van der Waals surface area (Å²) in [6.07, 6.45) is -2.80. The highest BCUT2D eigenvalue weighted by atomic mass is 19.4. The number of amides is 1. The molecule has 1 atom stereocenters. The maximum Gasteiger partial charge on any atom is 0.416 e. The second-order valence-electron chi connectivity index (χ2n) is 4.62.